The van der Waals surface area contributed by atoms with E-state index in [4.69, 9.17) is 19.8 Å². The van der Waals surface area contributed by atoms with Crippen molar-refractivity contribution in [3.8, 4) is 0 Å². The molecule has 1 radical (unpaired) electrons. The van der Waals surface area contributed by atoms with E-state index in [-0.39, 0.29) is 39.6 Å². The van der Waals surface area contributed by atoms with Crippen molar-refractivity contribution in [1.29, 1.82) is 0 Å². The average Bonchev–Trinajstić information content (AvgIpc) is 1.36. The summed E-state index contributed by atoms with van der Waals surface area (Å²) in [5.41, 5.74) is 0. The third kappa shape index (κ3) is 9.51. The predicted octanol–water partition coefficient (Wildman–Crippen LogP) is -0.849. The first-order valence-corrected chi connectivity index (χ1v) is 1.11. The van der Waals surface area contributed by atoms with Gasteiger partial charge in [0.05, 0.1) is 0 Å². The maximum Gasteiger partial charge on any atom is 0.414 e. The molecule has 0 bridgehead atoms. The molecule has 0 atom stereocenters. The van der Waals surface area contributed by atoms with E-state index in [9.17, 15) is 0 Å². The fourth-order valence-corrected chi connectivity index (χ4v) is 0. The Kier molecular flexibility index (Phi) is 14.2. The summed E-state index contributed by atoms with van der Waals surface area (Å²) in [6, 6.07) is 0. The van der Waals surface area contributed by atoms with Gasteiger partial charge < -0.3 is 10.2 Å². The molecule has 0 aromatic heterocycles. The first kappa shape index (κ1) is 15.7. The second kappa shape index (κ2) is 7.21. The maximum atomic E-state index is 9.10. The van der Waals surface area contributed by atoms with Crippen molar-refractivity contribution >= 4 is 11.9 Å². The Morgan fingerprint density at radius 2 is 1.12 bits per heavy atom. The molecule has 0 aliphatic carbocycles. The van der Waals surface area contributed by atoms with E-state index in [2.05, 4.69) is 0 Å². The van der Waals surface area contributed by atoms with Gasteiger partial charge in [-0.3, -0.25) is 0 Å². The summed E-state index contributed by atoms with van der Waals surface area (Å²) < 4.78 is 0. The molecule has 0 amide bonds. The molecular weight excluding hydrogens is 323 g/mol. The van der Waals surface area contributed by atoms with Crippen LogP contribution >= 0.6 is 0 Å². The van der Waals surface area contributed by atoms with Gasteiger partial charge in [-0.25, -0.2) is 9.59 Å². The van der Waals surface area contributed by atoms with Crippen molar-refractivity contribution < 1.29 is 59.4 Å². The van der Waals surface area contributed by atoms with Crippen LogP contribution in [0.25, 0.3) is 0 Å². The minimum atomic E-state index is -1.82. The zero-order valence-electron chi connectivity index (χ0n) is 3.57. The number of carboxylic acid groups (broad SMARTS) is 2. The molecule has 0 rings (SSSR count). The Morgan fingerprint density at radius 1 is 1.00 bits per heavy atom. The van der Waals surface area contributed by atoms with Gasteiger partial charge in [-0.1, -0.05) is 0 Å². The van der Waals surface area contributed by atoms with Gasteiger partial charge in [0.2, 0.25) is 0 Å². The molecule has 0 heterocycles. The molecular formula is C2H2O4VW. The van der Waals surface area contributed by atoms with E-state index in [1.165, 1.54) is 0 Å². The van der Waals surface area contributed by atoms with Gasteiger partial charge >= 0.3 is 11.9 Å². The SMILES string of the molecule is O=C(O)C(=O)O.[V].[W]. The Hall–Kier alpha value is 0.213. The predicted molar refractivity (Wildman–Crippen MR) is 15.3 cm³/mol. The van der Waals surface area contributed by atoms with Crippen LogP contribution in [0.5, 0.6) is 0 Å². The third-order valence-corrected chi connectivity index (χ3v) is 0.183. The summed E-state index contributed by atoms with van der Waals surface area (Å²) >= 11 is 0. The Bertz CT molecular complexity index is 80.0. The van der Waals surface area contributed by atoms with Crippen LogP contribution in [0.15, 0.2) is 0 Å². The van der Waals surface area contributed by atoms with Crippen molar-refractivity contribution in [3.05, 3.63) is 0 Å². The molecule has 0 fully saturated rings. The fraction of sp³-hybridized carbons (Fsp3) is 0. The molecule has 0 saturated heterocycles. The Labute approximate surface area is 71.4 Å². The van der Waals surface area contributed by atoms with Gasteiger partial charge in [0.25, 0.3) is 0 Å². The van der Waals surface area contributed by atoms with Gasteiger partial charge in [-0.15, -0.1) is 0 Å². The first-order chi connectivity index (χ1) is 2.64. The normalized spacial score (nSPS) is 5.50. The monoisotopic (exact) mass is 325 g/mol. The third-order valence-electron chi connectivity index (χ3n) is 0.183. The molecule has 0 unspecified atom stereocenters. The molecule has 0 aromatic rings. The number of carbonyl (C=O) groups is 2. The van der Waals surface area contributed by atoms with E-state index in [0.717, 1.165) is 0 Å². The Balaban J connectivity index is -0.000000125. The fourth-order valence-electron chi connectivity index (χ4n) is 0. The average molecular weight is 325 g/mol. The number of aliphatic carboxylic acids is 2. The summed E-state index contributed by atoms with van der Waals surface area (Å²) in [7, 11) is 0. The van der Waals surface area contributed by atoms with Crippen LogP contribution in [0.1, 0.15) is 0 Å². The van der Waals surface area contributed by atoms with Gasteiger partial charge in [-0.05, 0) is 0 Å². The molecule has 2 N–H and O–H groups in total. The van der Waals surface area contributed by atoms with E-state index < -0.39 is 11.9 Å². The van der Waals surface area contributed by atoms with Crippen molar-refractivity contribution in [3.63, 3.8) is 0 Å². The molecule has 0 spiro atoms. The van der Waals surface area contributed by atoms with Crippen LogP contribution in [-0.4, -0.2) is 22.2 Å². The van der Waals surface area contributed by atoms with Crippen molar-refractivity contribution in [2.75, 3.05) is 0 Å². The zero-order valence-corrected chi connectivity index (χ0v) is 7.90. The quantitative estimate of drug-likeness (QED) is 0.569. The van der Waals surface area contributed by atoms with Gasteiger partial charge in [0.1, 0.15) is 0 Å². The number of rotatable bonds is 0. The van der Waals surface area contributed by atoms with Crippen LogP contribution in [0, 0.1) is 0 Å². The first-order valence-electron chi connectivity index (χ1n) is 1.11. The summed E-state index contributed by atoms with van der Waals surface area (Å²) in [5, 5.41) is 14.8. The van der Waals surface area contributed by atoms with Crippen molar-refractivity contribution in [1.82, 2.24) is 0 Å². The number of hydrogen-bond acceptors (Lipinski definition) is 2. The molecule has 4 nitrogen and oxygen atoms in total. The van der Waals surface area contributed by atoms with Crippen LogP contribution < -0.4 is 0 Å². The van der Waals surface area contributed by atoms with Gasteiger partial charge in [-0.2, -0.15) is 0 Å². The summed E-state index contributed by atoms with van der Waals surface area (Å²) in [6.07, 6.45) is 0. The molecule has 0 saturated carbocycles. The molecule has 8 heavy (non-hydrogen) atoms. The largest absolute Gasteiger partial charge is 0.473 e. The molecule has 45 valence electrons. The minimum absolute atomic E-state index is 0. The summed E-state index contributed by atoms with van der Waals surface area (Å²) in [4.78, 5) is 18.2. The van der Waals surface area contributed by atoms with E-state index in [1.807, 2.05) is 0 Å². The molecule has 0 aliphatic rings. The van der Waals surface area contributed by atoms with Crippen molar-refractivity contribution in [2.24, 2.45) is 0 Å². The standard InChI is InChI=1S/C2H2O4.V.W/c3-1(4)2(5)6;;/h(H,3,4)(H,5,6);;. The van der Waals surface area contributed by atoms with E-state index in [0.29, 0.717) is 0 Å². The van der Waals surface area contributed by atoms with Gasteiger partial charge in [0, 0.05) is 39.6 Å². The maximum absolute atomic E-state index is 9.10. The zero-order chi connectivity index (χ0) is 5.15. The van der Waals surface area contributed by atoms with Crippen LogP contribution in [0.2, 0.25) is 0 Å². The van der Waals surface area contributed by atoms with Crippen molar-refractivity contribution in [2.45, 2.75) is 0 Å². The minimum Gasteiger partial charge on any atom is -0.473 e. The van der Waals surface area contributed by atoms with Crippen LogP contribution in [-0.2, 0) is 49.2 Å². The Morgan fingerprint density at radius 3 is 1.12 bits per heavy atom. The van der Waals surface area contributed by atoms with Crippen LogP contribution in [0.3, 0.4) is 0 Å². The van der Waals surface area contributed by atoms with E-state index >= 15 is 0 Å². The van der Waals surface area contributed by atoms with Gasteiger partial charge in [0.15, 0.2) is 0 Å². The second-order valence-electron chi connectivity index (χ2n) is 0.610. The summed E-state index contributed by atoms with van der Waals surface area (Å²) in [6.45, 7) is 0. The molecule has 6 heteroatoms. The van der Waals surface area contributed by atoms with E-state index in [1.54, 1.807) is 0 Å². The smallest absolute Gasteiger partial charge is 0.414 e. The molecule has 0 aromatic carbocycles. The second-order valence-corrected chi connectivity index (χ2v) is 0.610. The molecule has 0 aliphatic heterocycles. The number of carboxylic acids is 2. The number of hydrogen-bond donors (Lipinski definition) is 2. The summed E-state index contributed by atoms with van der Waals surface area (Å²) in [5.74, 6) is -3.65. The van der Waals surface area contributed by atoms with Crippen LogP contribution in [0.4, 0.5) is 0 Å². The topological polar surface area (TPSA) is 74.6 Å².